The molecule has 2 aromatic carbocycles. The van der Waals surface area contributed by atoms with Crippen molar-refractivity contribution in [2.75, 3.05) is 0 Å². The number of fused-ring (bicyclic) bond motifs is 3. The fraction of sp³-hybridized carbons (Fsp3) is 0.429. The number of benzene rings is 2. The van der Waals surface area contributed by atoms with Gasteiger partial charge in [-0.05, 0) is 0 Å². The maximum absolute atomic E-state index is 2.59. The second-order valence-corrected chi connectivity index (χ2v) is 28.9. The van der Waals surface area contributed by atoms with Crippen LogP contribution in [0.4, 0.5) is 0 Å². The molecule has 0 aromatic heterocycles. The number of halogens is 2. The molecule has 170 valence electrons. The zero-order valence-electron chi connectivity index (χ0n) is 20.7. The molecule has 0 unspecified atom stereocenters. The molecule has 32 heavy (non-hydrogen) atoms. The van der Waals surface area contributed by atoms with Crippen molar-refractivity contribution in [3.8, 4) is 11.1 Å². The van der Waals surface area contributed by atoms with E-state index in [1.807, 2.05) is 3.28 Å². The average Bonchev–Trinajstić information content (AvgIpc) is 3.27. The third-order valence-electron chi connectivity index (χ3n) is 6.69. The molecule has 0 atom stereocenters. The van der Waals surface area contributed by atoms with Crippen LogP contribution < -0.4 is 24.8 Å². The van der Waals surface area contributed by atoms with Crippen molar-refractivity contribution < 1.29 is 45.2 Å². The van der Waals surface area contributed by atoms with Crippen LogP contribution in [0.5, 0.6) is 0 Å². The molecular formula is C28H36Cl2SiZr. The maximum atomic E-state index is 2.59. The van der Waals surface area contributed by atoms with E-state index in [0.717, 1.165) is 0 Å². The number of hydrogen-bond donors (Lipinski definition) is 0. The summed E-state index contributed by atoms with van der Waals surface area (Å²) in [7, 11) is 0. The summed E-state index contributed by atoms with van der Waals surface area (Å²) in [6.45, 7) is 19.3. The zero-order chi connectivity index (χ0) is 21.8. The Morgan fingerprint density at radius 1 is 0.781 bits per heavy atom. The summed E-state index contributed by atoms with van der Waals surface area (Å²) in [4.78, 5) is 0. The minimum atomic E-state index is -1.87. The Labute approximate surface area is 216 Å². The van der Waals surface area contributed by atoms with Crippen LogP contribution in [0, 0.1) is 0 Å². The Bertz CT molecular complexity index is 1040. The van der Waals surface area contributed by atoms with E-state index in [1.165, 1.54) is 28.7 Å². The van der Waals surface area contributed by atoms with Gasteiger partial charge in [0.1, 0.15) is 0 Å². The first kappa shape index (κ1) is 27.8. The molecule has 0 bridgehead atoms. The molecule has 2 aliphatic carbocycles. The van der Waals surface area contributed by atoms with Gasteiger partial charge in [-0.2, -0.15) is 0 Å². The number of allylic oxidation sites excluding steroid dienone is 4. The summed E-state index contributed by atoms with van der Waals surface area (Å²) < 4.78 is 2.51. The van der Waals surface area contributed by atoms with Crippen LogP contribution in [0.15, 0.2) is 57.9 Å². The topological polar surface area (TPSA) is 0 Å². The molecule has 0 aliphatic heterocycles. The van der Waals surface area contributed by atoms with Gasteiger partial charge in [-0.25, -0.2) is 0 Å². The third kappa shape index (κ3) is 5.14. The minimum absolute atomic E-state index is 0. The van der Waals surface area contributed by atoms with Crippen LogP contribution in [0.1, 0.15) is 73.8 Å². The first-order valence-electron chi connectivity index (χ1n) is 11.3. The molecule has 0 radical (unpaired) electrons. The molecule has 0 fully saturated rings. The normalized spacial score (nSPS) is 14.5. The van der Waals surface area contributed by atoms with Gasteiger partial charge >= 0.3 is 193 Å². The summed E-state index contributed by atoms with van der Waals surface area (Å²) in [6.07, 6.45) is 8.40. The smallest absolute Gasteiger partial charge is 1.00 e. The quantitative estimate of drug-likeness (QED) is 0.492. The molecule has 0 nitrogen and oxygen atoms in total. The fourth-order valence-electron chi connectivity index (χ4n) is 4.95. The van der Waals surface area contributed by atoms with Gasteiger partial charge in [-0.3, -0.25) is 0 Å². The zero-order valence-corrected chi connectivity index (χ0v) is 25.7. The Morgan fingerprint density at radius 3 is 1.59 bits per heavy atom. The van der Waals surface area contributed by atoms with Crippen molar-refractivity contribution in [2.45, 2.75) is 75.5 Å². The molecule has 0 saturated heterocycles. The van der Waals surface area contributed by atoms with Gasteiger partial charge in [-0.1, -0.05) is 0 Å². The number of rotatable bonds is 2. The molecule has 2 aromatic rings. The molecule has 4 rings (SSSR count). The summed E-state index contributed by atoms with van der Waals surface area (Å²) >= 11 is -1.87. The Morgan fingerprint density at radius 2 is 1.25 bits per heavy atom. The van der Waals surface area contributed by atoms with Crippen LogP contribution in [0.3, 0.4) is 0 Å². The second-order valence-electron chi connectivity index (χ2n) is 11.3. The first-order chi connectivity index (χ1) is 14.0. The van der Waals surface area contributed by atoms with Crippen molar-refractivity contribution in [3.63, 3.8) is 0 Å². The van der Waals surface area contributed by atoms with E-state index in [1.54, 1.807) is 11.1 Å². The summed E-state index contributed by atoms with van der Waals surface area (Å²) in [5.41, 5.74) is 9.34. The van der Waals surface area contributed by atoms with Gasteiger partial charge in [-0.15, -0.1) is 0 Å². The predicted octanol–water partition coefficient (Wildman–Crippen LogP) is 2.07. The molecule has 2 aliphatic rings. The van der Waals surface area contributed by atoms with Gasteiger partial charge in [0.15, 0.2) is 0 Å². The fourth-order valence-corrected chi connectivity index (χ4v) is 23.2. The number of hydrogen-bond acceptors (Lipinski definition) is 0. The second kappa shape index (κ2) is 10.1. The van der Waals surface area contributed by atoms with E-state index < -0.39 is 20.4 Å². The minimum Gasteiger partial charge on any atom is -1.00 e. The van der Waals surface area contributed by atoms with E-state index in [-0.39, 0.29) is 41.1 Å². The van der Waals surface area contributed by atoms with Crippen LogP contribution >= 0.6 is 0 Å². The van der Waals surface area contributed by atoms with Gasteiger partial charge in [0.25, 0.3) is 0 Å². The molecule has 0 amide bonds. The standard InChI is InChI=1S/C21H25.C5H5.C2H6Si.2ClH.Zr/c1-20(2,3)16-7-9-18-14(12-16)11-15-13-17(21(4,5)6)8-10-19(15)18;1-2-4-5-3-1;1-3-2;;;/h7-13H,1-6H3;1-3H,4H2;1-2H3;2*1H;/q;;;;;+2/p-2. The average molecular weight is 563 g/mol. The van der Waals surface area contributed by atoms with Crippen LogP contribution in [0.25, 0.3) is 11.1 Å². The SMILES string of the molecule is C[Si](C)=[Zr+2]([C]1=CC=CC1)[CH]1c2cc(C(C)(C)C)ccc2-c2ccc(C(C)(C)C)cc21.[Cl-].[Cl-]. The van der Waals surface area contributed by atoms with Crippen molar-refractivity contribution in [3.05, 3.63) is 80.2 Å². The molecule has 0 N–H and O–H groups in total. The Hall–Kier alpha value is -0.400. The molecule has 0 saturated carbocycles. The van der Waals surface area contributed by atoms with Crippen LogP contribution in [-0.4, -0.2) is 5.43 Å². The van der Waals surface area contributed by atoms with Gasteiger partial charge in [0.05, 0.1) is 0 Å². The van der Waals surface area contributed by atoms with Crippen LogP contribution in [0.2, 0.25) is 13.1 Å². The van der Waals surface area contributed by atoms with Crippen molar-refractivity contribution in [2.24, 2.45) is 0 Å². The van der Waals surface area contributed by atoms with E-state index in [0.29, 0.717) is 3.63 Å². The van der Waals surface area contributed by atoms with Crippen molar-refractivity contribution >= 4 is 5.43 Å². The summed E-state index contributed by atoms with van der Waals surface area (Å²) in [5, 5.41) is 0. The van der Waals surface area contributed by atoms with Gasteiger partial charge in [0, 0.05) is 0 Å². The first-order valence-corrected chi connectivity index (χ1v) is 20.1. The van der Waals surface area contributed by atoms with Gasteiger partial charge < -0.3 is 24.8 Å². The Kier molecular flexibility index (Phi) is 8.76. The Balaban J connectivity index is 0.00000181. The molecular weight excluding hydrogens is 527 g/mol. The largest absolute Gasteiger partial charge is 1.00 e. The monoisotopic (exact) mass is 560 g/mol. The van der Waals surface area contributed by atoms with E-state index >= 15 is 0 Å². The summed E-state index contributed by atoms with van der Waals surface area (Å²) in [6, 6.07) is 14.8. The van der Waals surface area contributed by atoms with Crippen molar-refractivity contribution in [1.29, 1.82) is 0 Å². The molecule has 0 heterocycles. The van der Waals surface area contributed by atoms with E-state index in [9.17, 15) is 0 Å². The van der Waals surface area contributed by atoms with E-state index in [4.69, 9.17) is 0 Å². The third-order valence-corrected chi connectivity index (χ3v) is 24.9. The van der Waals surface area contributed by atoms with Crippen LogP contribution in [-0.2, 0) is 31.2 Å². The predicted molar refractivity (Wildman–Crippen MR) is 130 cm³/mol. The van der Waals surface area contributed by atoms with Crippen molar-refractivity contribution in [1.82, 2.24) is 0 Å². The maximum Gasteiger partial charge on any atom is -1.00 e. The van der Waals surface area contributed by atoms with E-state index in [2.05, 4.69) is 109 Å². The van der Waals surface area contributed by atoms with Gasteiger partial charge in [0.2, 0.25) is 0 Å². The molecule has 0 spiro atoms. The summed E-state index contributed by atoms with van der Waals surface area (Å²) in [5.74, 6) is 0. The molecule has 4 heteroatoms.